The molecule has 1 fully saturated rings. The number of benzene rings is 1. The van der Waals surface area contributed by atoms with Crippen molar-refractivity contribution in [2.75, 3.05) is 7.11 Å². The van der Waals surface area contributed by atoms with E-state index in [4.69, 9.17) is 4.74 Å². The number of halogens is 2. The molecule has 2 aliphatic rings. The third-order valence-electron chi connectivity index (χ3n) is 4.93. The lowest BCUT2D eigenvalue weighted by molar-refractivity contribution is 0.297. The van der Waals surface area contributed by atoms with Crippen LogP contribution in [0, 0.1) is 11.6 Å². The van der Waals surface area contributed by atoms with Gasteiger partial charge in [-0.1, -0.05) is 0 Å². The smallest absolute Gasteiger partial charge is 0.200 e. The van der Waals surface area contributed by atoms with Gasteiger partial charge in [0.25, 0.3) is 0 Å². The molecule has 0 saturated carbocycles. The van der Waals surface area contributed by atoms with Crippen LogP contribution in [0.25, 0.3) is 11.3 Å². The first-order valence-corrected chi connectivity index (χ1v) is 7.93. The number of methoxy groups -OCH3 is 1. The summed E-state index contributed by atoms with van der Waals surface area (Å²) in [5.74, 6) is -1.93. The zero-order chi connectivity index (χ0) is 16.1. The number of ether oxygens (including phenoxy) is 1. The maximum Gasteiger partial charge on any atom is 0.200 e. The fourth-order valence-corrected chi connectivity index (χ4v) is 3.92. The molecule has 122 valence electrons. The Kier molecular flexibility index (Phi) is 3.37. The predicted octanol–water partition coefficient (Wildman–Crippen LogP) is 3.11. The van der Waals surface area contributed by atoms with E-state index < -0.39 is 11.6 Å². The quantitative estimate of drug-likeness (QED) is 0.924. The van der Waals surface area contributed by atoms with Crippen molar-refractivity contribution in [1.29, 1.82) is 0 Å². The molecule has 0 spiro atoms. The van der Waals surface area contributed by atoms with Crippen LogP contribution < -0.4 is 10.1 Å². The van der Waals surface area contributed by atoms with Crippen molar-refractivity contribution in [3.8, 4) is 17.0 Å². The Labute approximate surface area is 133 Å². The minimum absolute atomic E-state index is 0.0796. The summed E-state index contributed by atoms with van der Waals surface area (Å²) in [4.78, 5) is 0. The summed E-state index contributed by atoms with van der Waals surface area (Å²) in [6, 6.07) is 3.49. The summed E-state index contributed by atoms with van der Waals surface area (Å²) < 4.78 is 34.4. The van der Waals surface area contributed by atoms with Crippen molar-refractivity contribution in [2.24, 2.45) is 7.05 Å². The molecule has 2 unspecified atom stereocenters. The number of rotatable bonds is 2. The van der Waals surface area contributed by atoms with Crippen LogP contribution in [-0.4, -0.2) is 22.9 Å². The zero-order valence-electron chi connectivity index (χ0n) is 13.2. The average Bonchev–Trinajstić information content (AvgIpc) is 2.87. The highest BCUT2D eigenvalue weighted by molar-refractivity contribution is 5.67. The maximum absolute atomic E-state index is 13.9. The van der Waals surface area contributed by atoms with Gasteiger partial charge in [0, 0.05) is 24.2 Å². The monoisotopic (exact) mass is 319 g/mol. The third kappa shape index (κ3) is 2.24. The number of nitrogens with one attached hydrogen (secondary N) is 1. The van der Waals surface area contributed by atoms with Gasteiger partial charge in [0.2, 0.25) is 5.82 Å². The van der Waals surface area contributed by atoms with E-state index in [-0.39, 0.29) is 11.8 Å². The van der Waals surface area contributed by atoms with Crippen LogP contribution in [0.4, 0.5) is 8.78 Å². The molecule has 1 aromatic carbocycles. The van der Waals surface area contributed by atoms with E-state index in [0.717, 1.165) is 36.2 Å². The van der Waals surface area contributed by atoms with Gasteiger partial charge < -0.3 is 10.1 Å². The van der Waals surface area contributed by atoms with Gasteiger partial charge >= 0.3 is 0 Å². The Hall–Kier alpha value is -1.95. The number of aryl methyl sites for hydroxylation is 1. The van der Waals surface area contributed by atoms with Crippen LogP contribution in [0.5, 0.6) is 5.75 Å². The molecule has 4 rings (SSSR count). The number of piperidine rings is 1. The van der Waals surface area contributed by atoms with Gasteiger partial charge in [0.05, 0.1) is 24.5 Å². The first kappa shape index (κ1) is 14.6. The molecule has 2 atom stereocenters. The summed E-state index contributed by atoms with van der Waals surface area (Å²) in [7, 11) is 3.19. The maximum atomic E-state index is 13.9. The Bertz CT molecular complexity index is 772. The predicted molar refractivity (Wildman–Crippen MR) is 82.3 cm³/mol. The van der Waals surface area contributed by atoms with E-state index in [9.17, 15) is 8.78 Å². The minimum Gasteiger partial charge on any atom is -0.494 e. The SMILES string of the molecule is COc1cc(-c2c3c(nn2C)C2CCCC(C3)N2)cc(F)c1F. The fraction of sp³-hybridized carbons (Fsp3) is 0.471. The molecular weight excluding hydrogens is 300 g/mol. The first-order valence-electron chi connectivity index (χ1n) is 7.93. The van der Waals surface area contributed by atoms with Gasteiger partial charge in [-0.25, -0.2) is 4.39 Å². The van der Waals surface area contributed by atoms with Gasteiger partial charge in [0.1, 0.15) is 0 Å². The molecule has 1 saturated heterocycles. The number of nitrogens with zero attached hydrogens (tertiary/aromatic N) is 2. The van der Waals surface area contributed by atoms with Gasteiger partial charge in [-0.3, -0.25) is 4.68 Å². The van der Waals surface area contributed by atoms with E-state index in [1.165, 1.54) is 19.6 Å². The van der Waals surface area contributed by atoms with Crippen LogP contribution in [0.1, 0.15) is 36.6 Å². The molecule has 1 N–H and O–H groups in total. The van der Waals surface area contributed by atoms with E-state index in [1.807, 2.05) is 7.05 Å². The summed E-state index contributed by atoms with van der Waals surface area (Å²) in [6.45, 7) is 0. The summed E-state index contributed by atoms with van der Waals surface area (Å²) in [5, 5.41) is 8.26. The van der Waals surface area contributed by atoms with Crippen molar-refractivity contribution in [2.45, 2.75) is 37.8 Å². The van der Waals surface area contributed by atoms with E-state index in [2.05, 4.69) is 10.4 Å². The molecule has 3 heterocycles. The number of hydrogen-bond donors (Lipinski definition) is 1. The summed E-state index contributed by atoms with van der Waals surface area (Å²) >= 11 is 0. The van der Waals surface area contributed by atoms with Crippen LogP contribution in [0.3, 0.4) is 0 Å². The zero-order valence-corrected chi connectivity index (χ0v) is 13.2. The van der Waals surface area contributed by atoms with Crippen LogP contribution >= 0.6 is 0 Å². The van der Waals surface area contributed by atoms with Crippen molar-refractivity contribution >= 4 is 0 Å². The van der Waals surface area contributed by atoms with Crippen LogP contribution in [-0.2, 0) is 13.5 Å². The van der Waals surface area contributed by atoms with Crippen molar-refractivity contribution in [3.63, 3.8) is 0 Å². The Balaban J connectivity index is 1.88. The number of fused-ring (bicyclic) bond motifs is 4. The highest BCUT2D eigenvalue weighted by atomic mass is 19.2. The summed E-state index contributed by atoms with van der Waals surface area (Å²) in [5.41, 5.74) is 3.66. The second-order valence-electron chi connectivity index (χ2n) is 6.36. The van der Waals surface area contributed by atoms with Crippen LogP contribution in [0.2, 0.25) is 0 Å². The molecule has 4 nitrogen and oxygen atoms in total. The molecule has 6 heteroatoms. The molecule has 1 aromatic heterocycles. The lowest BCUT2D eigenvalue weighted by atomic mass is 9.84. The van der Waals surface area contributed by atoms with Crippen molar-refractivity contribution in [3.05, 3.63) is 35.0 Å². The molecule has 0 radical (unpaired) electrons. The first-order chi connectivity index (χ1) is 11.1. The fourth-order valence-electron chi connectivity index (χ4n) is 3.92. The van der Waals surface area contributed by atoms with Gasteiger partial charge in [0.15, 0.2) is 11.6 Å². The molecule has 2 aromatic rings. The van der Waals surface area contributed by atoms with Crippen molar-refractivity contribution < 1.29 is 13.5 Å². The molecule has 23 heavy (non-hydrogen) atoms. The minimum atomic E-state index is -0.953. The van der Waals surface area contributed by atoms with E-state index >= 15 is 0 Å². The van der Waals surface area contributed by atoms with Gasteiger partial charge in [-0.2, -0.15) is 9.49 Å². The molecule has 0 aliphatic carbocycles. The van der Waals surface area contributed by atoms with E-state index in [0.29, 0.717) is 11.6 Å². The molecule has 0 amide bonds. The Morgan fingerprint density at radius 1 is 1.30 bits per heavy atom. The third-order valence-corrected chi connectivity index (χ3v) is 4.93. The average molecular weight is 319 g/mol. The second-order valence-corrected chi connectivity index (χ2v) is 6.36. The lowest BCUT2D eigenvalue weighted by Crippen LogP contribution is -2.42. The van der Waals surface area contributed by atoms with Crippen molar-refractivity contribution in [1.82, 2.24) is 15.1 Å². The molecular formula is C17H19F2N3O. The number of hydrogen-bond acceptors (Lipinski definition) is 3. The normalized spacial score (nSPS) is 22.8. The highest BCUT2D eigenvalue weighted by Crippen LogP contribution is 2.39. The highest BCUT2D eigenvalue weighted by Gasteiger charge is 2.34. The Morgan fingerprint density at radius 3 is 2.91 bits per heavy atom. The Morgan fingerprint density at radius 2 is 2.13 bits per heavy atom. The van der Waals surface area contributed by atoms with E-state index in [1.54, 1.807) is 10.7 Å². The largest absolute Gasteiger partial charge is 0.494 e. The second kappa shape index (κ2) is 5.30. The topological polar surface area (TPSA) is 39.1 Å². The number of aromatic nitrogens is 2. The standard InChI is InChI=1S/C17H19F2N3O/c1-22-17(9-6-12(18)15(19)14(7-9)23-2)11-8-10-4-3-5-13(20-10)16(11)21-22/h6-7,10,13,20H,3-5,8H2,1-2H3. The molecule has 2 bridgehead atoms. The lowest BCUT2D eigenvalue weighted by Gasteiger charge is -2.35. The van der Waals surface area contributed by atoms with Gasteiger partial charge in [-0.15, -0.1) is 0 Å². The summed E-state index contributed by atoms with van der Waals surface area (Å²) in [6.07, 6.45) is 4.29. The molecule has 2 aliphatic heterocycles. The van der Waals surface area contributed by atoms with Crippen LogP contribution in [0.15, 0.2) is 12.1 Å². The van der Waals surface area contributed by atoms with Gasteiger partial charge in [-0.05, 0) is 37.8 Å².